The Bertz CT molecular complexity index is 511. The van der Waals surface area contributed by atoms with Crippen LogP contribution in [0.2, 0.25) is 0 Å². The summed E-state index contributed by atoms with van der Waals surface area (Å²) in [4.78, 5) is 11.0. The van der Waals surface area contributed by atoms with E-state index in [9.17, 15) is 0 Å². The predicted molar refractivity (Wildman–Crippen MR) is 94.6 cm³/mol. The van der Waals surface area contributed by atoms with E-state index in [4.69, 9.17) is 0 Å². The predicted octanol–water partition coefficient (Wildman–Crippen LogP) is 2.41. The third-order valence-corrected chi connectivity index (χ3v) is 5.79. The van der Waals surface area contributed by atoms with Crippen molar-refractivity contribution in [1.82, 2.24) is 15.1 Å². The van der Waals surface area contributed by atoms with Crippen molar-refractivity contribution in [2.75, 3.05) is 39.8 Å². The summed E-state index contributed by atoms with van der Waals surface area (Å²) >= 11 is 1.91. The van der Waals surface area contributed by atoms with Crippen molar-refractivity contribution < 1.29 is 0 Å². The van der Waals surface area contributed by atoms with Crippen LogP contribution in [0.4, 0.5) is 0 Å². The zero-order valence-electron chi connectivity index (χ0n) is 13.8. The van der Waals surface area contributed by atoms with Gasteiger partial charge in [0.05, 0.1) is 0 Å². The second-order valence-corrected chi connectivity index (χ2v) is 7.56. The maximum atomic E-state index is 4.47. The van der Waals surface area contributed by atoms with Crippen molar-refractivity contribution in [2.45, 2.75) is 32.7 Å². The molecule has 2 aliphatic rings. The molecule has 1 saturated heterocycles. The Morgan fingerprint density at radius 2 is 2.36 bits per heavy atom. The highest BCUT2D eigenvalue weighted by Gasteiger charge is 2.20. The van der Waals surface area contributed by atoms with Crippen LogP contribution >= 0.6 is 11.3 Å². The average molecular weight is 321 g/mol. The van der Waals surface area contributed by atoms with E-state index in [1.807, 2.05) is 18.4 Å². The van der Waals surface area contributed by atoms with E-state index in [2.05, 4.69) is 38.5 Å². The van der Waals surface area contributed by atoms with Gasteiger partial charge in [0, 0.05) is 51.2 Å². The molecule has 122 valence electrons. The van der Waals surface area contributed by atoms with Gasteiger partial charge in [-0.05, 0) is 42.2 Å². The Hall–Kier alpha value is -1.07. The van der Waals surface area contributed by atoms with E-state index in [1.165, 1.54) is 31.4 Å². The number of thiophene rings is 1. The SMILES string of the molecule is CN=C(NCCN1CCc2sccc2C1)N1CCCC(C)C1. The Kier molecular flexibility index (Phi) is 5.37. The Morgan fingerprint density at radius 3 is 3.18 bits per heavy atom. The van der Waals surface area contributed by atoms with Crippen LogP contribution in [-0.4, -0.2) is 55.5 Å². The highest BCUT2D eigenvalue weighted by molar-refractivity contribution is 7.10. The van der Waals surface area contributed by atoms with Crippen LogP contribution in [0.25, 0.3) is 0 Å². The molecule has 4 nitrogen and oxygen atoms in total. The first kappa shape index (κ1) is 15.8. The summed E-state index contributed by atoms with van der Waals surface area (Å²) in [6, 6.07) is 2.29. The van der Waals surface area contributed by atoms with Gasteiger partial charge in [0.1, 0.15) is 0 Å². The van der Waals surface area contributed by atoms with E-state index in [0.29, 0.717) is 0 Å². The normalized spacial score (nSPS) is 23.5. The summed E-state index contributed by atoms with van der Waals surface area (Å²) in [5.74, 6) is 1.87. The maximum absolute atomic E-state index is 4.47. The monoisotopic (exact) mass is 320 g/mol. The van der Waals surface area contributed by atoms with Gasteiger partial charge in [-0.25, -0.2) is 0 Å². The van der Waals surface area contributed by atoms with E-state index in [1.54, 1.807) is 4.88 Å². The van der Waals surface area contributed by atoms with Gasteiger partial charge in [0.25, 0.3) is 0 Å². The van der Waals surface area contributed by atoms with Gasteiger partial charge in [0.2, 0.25) is 0 Å². The molecule has 0 spiro atoms. The van der Waals surface area contributed by atoms with Gasteiger partial charge in [-0.2, -0.15) is 0 Å². The molecule has 0 amide bonds. The van der Waals surface area contributed by atoms with Crippen LogP contribution in [0.1, 0.15) is 30.2 Å². The molecule has 0 saturated carbocycles. The largest absolute Gasteiger partial charge is 0.355 e. The lowest BCUT2D eigenvalue weighted by atomic mass is 10.0. The van der Waals surface area contributed by atoms with Gasteiger partial charge < -0.3 is 10.2 Å². The summed E-state index contributed by atoms with van der Waals surface area (Å²) in [5.41, 5.74) is 1.53. The van der Waals surface area contributed by atoms with Gasteiger partial charge >= 0.3 is 0 Å². The molecule has 3 rings (SSSR count). The fourth-order valence-corrected chi connectivity index (χ4v) is 4.43. The summed E-state index contributed by atoms with van der Waals surface area (Å²) in [5, 5.41) is 5.79. The van der Waals surface area contributed by atoms with Crippen molar-refractivity contribution in [3.63, 3.8) is 0 Å². The van der Waals surface area contributed by atoms with Crippen LogP contribution in [0.3, 0.4) is 0 Å². The lowest BCUT2D eigenvalue weighted by Crippen LogP contribution is -2.48. The van der Waals surface area contributed by atoms with Gasteiger partial charge in [-0.15, -0.1) is 11.3 Å². The minimum Gasteiger partial charge on any atom is -0.355 e. The third kappa shape index (κ3) is 3.82. The van der Waals surface area contributed by atoms with Crippen LogP contribution < -0.4 is 5.32 Å². The number of piperidine rings is 1. The molecular formula is C17H28N4S. The highest BCUT2D eigenvalue weighted by atomic mass is 32.1. The van der Waals surface area contributed by atoms with Crippen molar-refractivity contribution in [1.29, 1.82) is 0 Å². The molecule has 3 heterocycles. The van der Waals surface area contributed by atoms with E-state index in [-0.39, 0.29) is 0 Å². The fraction of sp³-hybridized carbons (Fsp3) is 0.706. The van der Waals surface area contributed by atoms with Crippen molar-refractivity contribution >= 4 is 17.3 Å². The number of fused-ring (bicyclic) bond motifs is 1. The second kappa shape index (κ2) is 7.47. The Morgan fingerprint density at radius 1 is 1.45 bits per heavy atom. The average Bonchev–Trinajstić information content (AvgIpc) is 2.99. The first-order valence-electron chi connectivity index (χ1n) is 8.49. The molecule has 0 aliphatic carbocycles. The number of nitrogens with zero attached hydrogens (tertiary/aromatic N) is 3. The standard InChI is InChI=1S/C17H28N4S/c1-14-4-3-8-21(12-14)17(18-2)19-7-10-20-9-5-16-15(13-20)6-11-22-16/h6,11,14H,3-5,7-10,12-13H2,1-2H3,(H,18,19). The number of guanidine groups is 1. The minimum atomic E-state index is 0.784. The number of nitrogens with one attached hydrogen (secondary N) is 1. The molecule has 0 bridgehead atoms. The summed E-state index contributed by atoms with van der Waals surface area (Å²) in [6.07, 6.45) is 3.85. The quantitative estimate of drug-likeness (QED) is 0.685. The van der Waals surface area contributed by atoms with Crippen molar-refractivity contribution in [3.05, 3.63) is 21.9 Å². The molecule has 1 unspecified atom stereocenters. The topological polar surface area (TPSA) is 30.9 Å². The smallest absolute Gasteiger partial charge is 0.193 e. The number of hydrogen-bond acceptors (Lipinski definition) is 3. The minimum absolute atomic E-state index is 0.784. The third-order valence-electron chi connectivity index (χ3n) is 4.77. The molecule has 1 N–H and O–H groups in total. The molecule has 1 atom stereocenters. The number of hydrogen-bond donors (Lipinski definition) is 1. The highest BCUT2D eigenvalue weighted by Crippen LogP contribution is 2.23. The van der Waals surface area contributed by atoms with Crippen LogP contribution in [0.15, 0.2) is 16.4 Å². The number of aliphatic imine (C=N–C) groups is 1. The zero-order valence-corrected chi connectivity index (χ0v) is 14.7. The Balaban J connectivity index is 1.44. The molecule has 1 fully saturated rings. The molecule has 1 aromatic rings. The van der Waals surface area contributed by atoms with Crippen molar-refractivity contribution in [2.24, 2.45) is 10.9 Å². The molecule has 0 aromatic carbocycles. The lowest BCUT2D eigenvalue weighted by Gasteiger charge is -2.34. The Labute approximate surface area is 138 Å². The van der Waals surface area contributed by atoms with E-state index < -0.39 is 0 Å². The van der Waals surface area contributed by atoms with Gasteiger partial charge in [-0.1, -0.05) is 6.92 Å². The number of rotatable bonds is 3. The number of likely N-dealkylation sites (tertiary alicyclic amines) is 1. The summed E-state index contributed by atoms with van der Waals surface area (Å²) in [6.45, 7) is 9.00. The fourth-order valence-electron chi connectivity index (χ4n) is 3.54. The van der Waals surface area contributed by atoms with Crippen LogP contribution in [0.5, 0.6) is 0 Å². The zero-order chi connectivity index (χ0) is 15.4. The van der Waals surface area contributed by atoms with Crippen LogP contribution in [-0.2, 0) is 13.0 Å². The first-order valence-corrected chi connectivity index (χ1v) is 9.37. The molecule has 22 heavy (non-hydrogen) atoms. The van der Waals surface area contributed by atoms with Gasteiger partial charge in [-0.3, -0.25) is 9.89 Å². The van der Waals surface area contributed by atoms with E-state index in [0.717, 1.165) is 44.6 Å². The van der Waals surface area contributed by atoms with Crippen molar-refractivity contribution in [3.8, 4) is 0 Å². The summed E-state index contributed by atoms with van der Waals surface area (Å²) < 4.78 is 0. The molecular weight excluding hydrogens is 292 g/mol. The summed E-state index contributed by atoms with van der Waals surface area (Å²) in [7, 11) is 1.90. The molecule has 5 heteroatoms. The lowest BCUT2D eigenvalue weighted by molar-refractivity contribution is 0.249. The molecule has 1 aromatic heterocycles. The second-order valence-electron chi connectivity index (χ2n) is 6.56. The molecule has 2 aliphatic heterocycles. The van der Waals surface area contributed by atoms with Gasteiger partial charge in [0.15, 0.2) is 5.96 Å². The van der Waals surface area contributed by atoms with E-state index >= 15 is 0 Å². The maximum Gasteiger partial charge on any atom is 0.193 e. The van der Waals surface area contributed by atoms with Crippen LogP contribution in [0, 0.1) is 5.92 Å². The molecule has 0 radical (unpaired) electrons. The first-order chi connectivity index (χ1) is 10.8.